The molecule has 3 aromatic heterocycles. The molecular formula is C16H18N4O3. The van der Waals surface area contributed by atoms with Gasteiger partial charge in [0.15, 0.2) is 5.65 Å². The van der Waals surface area contributed by atoms with Crippen LogP contribution in [0, 0.1) is 6.92 Å². The van der Waals surface area contributed by atoms with Crippen LogP contribution in [0.3, 0.4) is 0 Å². The lowest BCUT2D eigenvalue weighted by molar-refractivity contribution is 0.102. The monoisotopic (exact) mass is 314 g/mol. The highest BCUT2D eigenvalue weighted by Gasteiger charge is 2.23. The normalized spacial score (nSPS) is 11.8. The van der Waals surface area contributed by atoms with E-state index in [0.717, 1.165) is 5.76 Å². The minimum atomic E-state index is -0.337. The fraction of sp³-hybridized carbons (Fsp3) is 0.312. The van der Waals surface area contributed by atoms with Gasteiger partial charge in [-0.15, -0.1) is 0 Å². The van der Waals surface area contributed by atoms with Gasteiger partial charge < -0.3 is 14.7 Å². The number of pyridine rings is 1. The van der Waals surface area contributed by atoms with E-state index in [1.165, 1.54) is 6.20 Å². The second kappa shape index (κ2) is 5.12. The number of rotatable bonds is 2. The topological polar surface area (TPSA) is 104 Å². The Morgan fingerprint density at radius 1 is 1.26 bits per heavy atom. The van der Waals surface area contributed by atoms with Crippen LogP contribution in [-0.2, 0) is 5.41 Å². The first-order valence-electron chi connectivity index (χ1n) is 7.24. The number of hydrogen-bond acceptors (Lipinski definition) is 4. The van der Waals surface area contributed by atoms with Gasteiger partial charge in [-0.25, -0.2) is 9.78 Å². The summed E-state index contributed by atoms with van der Waals surface area (Å²) < 4.78 is 5.68. The number of carbonyl (C=O) groups excluding carboxylic acids is 1. The first kappa shape index (κ1) is 15.1. The highest BCUT2D eigenvalue weighted by molar-refractivity contribution is 6.05. The number of hydrogen-bond donors (Lipinski definition) is 3. The van der Waals surface area contributed by atoms with Crippen LogP contribution in [0.5, 0.6) is 0 Å². The molecule has 0 bridgehead atoms. The molecule has 0 atom stereocenters. The largest absolute Gasteiger partial charge is 0.465 e. The molecule has 3 N–H and O–H groups in total. The predicted octanol–water partition coefficient (Wildman–Crippen LogP) is 2.70. The third-order valence-corrected chi connectivity index (χ3v) is 3.53. The number of imidazole rings is 1. The number of anilines is 1. The van der Waals surface area contributed by atoms with Gasteiger partial charge in [-0.2, -0.15) is 0 Å². The summed E-state index contributed by atoms with van der Waals surface area (Å²) >= 11 is 0. The molecule has 3 rings (SSSR count). The number of furan rings is 1. The van der Waals surface area contributed by atoms with Gasteiger partial charge in [0, 0.05) is 5.41 Å². The average Bonchev–Trinajstić information content (AvgIpc) is 2.99. The summed E-state index contributed by atoms with van der Waals surface area (Å²) in [6.07, 6.45) is 1.49. The Labute approximate surface area is 132 Å². The molecule has 0 saturated carbocycles. The summed E-state index contributed by atoms with van der Waals surface area (Å²) in [6.45, 7) is 7.82. The molecule has 0 aliphatic rings. The van der Waals surface area contributed by atoms with Crippen LogP contribution >= 0.6 is 0 Å². The van der Waals surface area contributed by atoms with Gasteiger partial charge in [0.05, 0.1) is 23.0 Å². The Morgan fingerprint density at radius 3 is 2.65 bits per heavy atom. The third-order valence-electron chi connectivity index (χ3n) is 3.53. The lowest BCUT2D eigenvalue weighted by Gasteiger charge is -2.13. The number of amides is 1. The number of H-pyrrole nitrogens is 2. The summed E-state index contributed by atoms with van der Waals surface area (Å²) in [5.41, 5.74) is 1.45. The standard InChI is InChI=1S/C16H18N4O3/c1-8-10(6-12(23-8)16(2,3)4)14(21)18-9-5-11-13(17-7-9)20-15(22)19-11/h5-7H,1-4H3,(H,18,21)(H2,17,19,20,22). The maximum atomic E-state index is 12.4. The van der Waals surface area contributed by atoms with Gasteiger partial charge in [-0.3, -0.25) is 9.78 Å². The number of nitrogens with zero attached hydrogens (tertiary/aromatic N) is 1. The molecule has 3 aromatic rings. The number of aromatic amines is 2. The van der Waals surface area contributed by atoms with Crippen molar-refractivity contribution in [3.8, 4) is 0 Å². The Morgan fingerprint density at radius 2 is 2.00 bits per heavy atom. The van der Waals surface area contributed by atoms with Crippen molar-refractivity contribution >= 4 is 22.8 Å². The zero-order valence-electron chi connectivity index (χ0n) is 13.4. The molecule has 0 fully saturated rings. The lowest BCUT2D eigenvalue weighted by atomic mass is 9.93. The predicted molar refractivity (Wildman–Crippen MR) is 86.8 cm³/mol. The number of nitrogens with one attached hydrogen (secondary N) is 3. The van der Waals surface area contributed by atoms with Crippen LogP contribution in [-0.4, -0.2) is 20.9 Å². The molecule has 0 unspecified atom stereocenters. The number of carbonyl (C=O) groups is 1. The van der Waals surface area contributed by atoms with Crippen molar-refractivity contribution in [3.63, 3.8) is 0 Å². The van der Waals surface area contributed by atoms with Crippen LogP contribution in [0.4, 0.5) is 5.69 Å². The van der Waals surface area contributed by atoms with E-state index in [9.17, 15) is 9.59 Å². The van der Waals surface area contributed by atoms with Crippen molar-refractivity contribution in [1.29, 1.82) is 0 Å². The molecule has 0 aromatic carbocycles. The van der Waals surface area contributed by atoms with Gasteiger partial charge in [0.2, 0.25) is 0 Å². The molecule has 23 heavy (non-hydrogen) atoms. The van der Waals surface area contributed by atoms with Crippen molar-refractivity contribution in [1.82, 2.24) is 15.0 Å². The van der Waals surface area contributed by atoms with Crippen LogP contribution in [0.2, 0.25) is 0 Å². The zero-order valence-corrected chi connectivity index (χ0v) is 13.4. The van der Waals surface area contributed by atoms with E-state index in [-0.39, 0.29) is 17.0 Å². The summed E-state index contributed by atoms with van der Waals surface area (Å²) in [7, 11) is 0. The lowest BCUT2D eigenvalue weighted by Crippen LogP contribution is -2.13. The van der Waals surface area contributed by atoms with Crippen LogP contribution in [0.25, 0.3) is 11.2 Å². The Bertz CT molecular complexity index is 940. The molecule has 3 heterocycles. The molecule has 120 valence electrons. The minimum Gasteiger partial charge on any atom is -0.465 e. The summed E-state index contributed by atoms with van der Waals surface area (Å²) in [6, 6.07) is 3.41. The van der Waals surface area contributed by atoms with Gasteiger partial charge in [-0.1, -0.05) is 20.8 Å². The van der Waals surface area contributed by atoms with Crippen molar-refractivity contribution in [3.05, 3.63) is 45.9 Å². The second-order valence-corrected chi connectivity index (χ2v) is 6.48. The summed E-state index contributed by atoms with van der Waals surface area (Å²) in [4.78, 5) is 32.9. The van der Waals surface area contributed by atoms with Crippen molar-refractivity contribution in [2.75, 3.05) is 5.32 Å². The number of aryl methyl sites for hydroxylation is 1. The van der Waals surface area contributed by atoms with Crippen molar-refractivity contribution in [2.45, 2.75) is 33.1 Å². The van der Waals surface area contributed by atoms with E-state index in [0.29, 0.717) is 28.2 Å². The van der Waals surface area contributed by atoms with E-state index < -0.39 is 0 Å². The quantitative estimate of drug-likeness (QED) is 0.676. The summed E-state index contributed by atoms with van der Waals surface area (Å²) in [5.74, 6) is 1.04. The maximum absolute atomic E-state index is 12.4. The Kier molecular flexibility index (Phi) is 3.35. The number of fused-ring (bicyclic) bond motifs is 1. The Hall–Kier alpha value is -2.83. The van der Waals surface area contributed by atoms with E-state index in [2.05, 4.69) is 20.3 Å². The molecule has 7 nitrogen and oxygen atoms in total. The van der Waals surface area contributed by atoms with E-state index in [1.807, 2.05) is 20.8 Å². The second-order valence-electron chi connectivity index (χ2n) is 6.48. The van der Waals surface area contributed by atoms with Crippen molar-refractivity contribution < 1.29 is 9.21 Å². The third kappa shape index (κ3) is 2.90. The highest BCUT2D eigenvalue weighted by atomic mass is 16.3. The number of aromatic nitrogens is 3. The molecule has 0 spiro atoms. The molecule has 0 saturated heterocycles. The molecule has 1 amide bonds. The van der Waals surface area contributed by atoms with E-state index in [1.54, 1.807) is 19.1 Å². The smallest absolute Gasteiger partial charge is 0.325 e. The average molecular weight is 314 g/mol. The van der Waals surface area contributed by atoms with Crippen LogP contribution in [0.1, 0.15) is 42.6 Å². The first-order chi connectivity index (χ1) is 10.7. The minimum absolute atomic E-state index is 0.172. The van der Waals surface area contributed by atoms with Crippen molar-refractivity contribution in [2.24, 2.45) is 0 Å². The zero-order chi connectivity index (χ0) is 16.8. The molecule has 0 aliphatic carbocycles. The molecule has 7 heteroatoms. The summed E-state index contributed by atoms with van der Waals surface area (Å²) in [5, 5.41) is 2.77. The fourth-order valence-corrected chi connectivity index (χ4v) is 2.26. The SMILES string of the molecule is Cc1oc(C(C)(C)C)cc1C(=O)Nc1cnc2[nH]c(=O)[nH]c2c1. The Balaban J connectivity index is 1.88. The van der Waals surface area contributed by atoms with E-state index >= 15 is 0 Å². The van der Waals surface area contributed by atoms with Crippen LogP contribution in [0.15, 0.2) is 27.5 Å². The molecule has 0 radical (unpaired) electrons. The van der Waals surface area contributed by atoms with Gasteiger partial charge in [0.1, 0.15) is 11.5 Å². The first-order valence-corrected chi connectivity index (χ1v) is 7.24. The molecule has 0 aliphatic heterocycles. The molecular weight excluding hydrogens is 296 g/mol. The maximum Gasteiger partial charge on any atom is 0.325 e. The fourth-order valence-electron chi connectivity index (χ4n) is 2.26. The van der Waals surface area contributed by atoms with Gasteiger partial charge >= 0.3 is 5.69 Å². The van der Waals surface area contributed by atoms with E-state index in [4.69, 9.17) is 4.42 Å². The van der Waals surface area contributed by atoms with Gasteiger partial charge in [0.25, 0.3) is 5.91 Å². The van der Waals surface area contributed by atoms with Crippen LogP contribution < -0.4 is 11.0 Å². The van der Waals surface area contributed by atoms with Gasteiger partial charge in [-0.05, 0) is 19.1 Å². The highest BCUT2D eigenvalue weighted by Crippen LogP contribution is 2.27.